The molecule has 1 amide bonds. The molecule has 2 aromatic carbocycles. The number of anilines is 1. The SMILES string of the molecule is COc1cc2ncc(N/N=C/c3ccc(CNC(=O)OC(C)(C)C)cc3)nc2cc1OC. The molecular formula is C23H27N5O4. The number of rotatable bonds is 7. The summed E-state index contributed by atoms with van der Waals surface area (Å²) in [7, 11) is 3.15. The molecule has 1 aromatic heterocycles. The van der Waals surface area contributed by atoms with Gasteiger partial charge in [-0.1, -0.05) is 24.3 Å². The average molecular weight is 438 g/mol. The number of benzene rings is 2. The molecule has 9 heteroatoms. The van der Waals surface area contributed by atoms with Crippen LogP contribution < -0.4 is 20.2 Å². The van der Waals surface area contributed by atoms with Gasteiger partial charge in [0.1, 0.15) is 5.60 Å². The Hall–Kier alpha value is -3.88. The Morgan fingerprint density at radius 2 is 1.72 bits per heavy atom. The van der Waals surface area contributed by atoms with Crippen LogP contribution in [0.25, 0.3) is 11.0 Å². The van der Waals surface area contributed by atoms with Crippen molar-refractivity contribution in [1.29, 1.82) is 0 Å². The number of nitrogens with zero attached hydrogens (tertiary/aromatic N) is 3. The van der Waals surface area contributed by atoms with Crippen LogP contribution in [-0.4, -0.2) is 42.1 Å². The number of ether oxygens (including phenoxy) is 3. The number of aromatic nitrogens is 2. The molecule has 3 aromatic rings. The summed E-state index contributed by atoms with van der Waals surface area (Å²) in [5.41, 5.74) is 5.54. The van der Waals surface area contributed by atoms with Crippen molar-refractivity contribution in [3.8, 4) is 11.5 Å². The van der Waals surface area contributed by atoms with E-state index in [4.69, 9.17) is 14.2 Å². The number of nitrogens with one attached hydrogen (secondary N) is 2. The van der Waals surface area contributed by atoms with Gasteiger partial charge in [-0.2, -0.15) is 5.10 Å². The van der Waals surface area contributed by atoms with E-state index in [1.54, 1.807) is 38.8 Å². The quantitative estimate of drug-likeness (QED) is 0.423. The van der Waals surface area contributed by atoms with Crippen LogP contribution in [0.3, 0.4) is 0 Å². The van der Waals surface area contributed by atoms with Gasteiger partial charge in [-0.05, 0) is 31.9 Å². The lowest BCUT2D eigenvalue weighted by Gasteiger charge is -2.19. The Morgan fingerprint density at radius 3 is 2.34 bits per heavy atom. The van der Waals surface area contributed by atoms with Crippen LogP contribution in [0.1, 0.15) is 31.9 Å². The van der Waals surface area contributed by atoms with Gasteiger partial charge in [0.25, 0.3) is 0 Å². The Kier molecular flexibility index (Phi) is 7.09. The number of carbonyl (C=O) groups is 1. The largest absolute Gasteiger partial charge is 0.493 e. The summed E-state index contributed by atoms with van der Waals surface area (Å²) in [4.78, 5) is 20.6. The van der Waals surface area contributed by atoms with Crippen molar-refractivity contribution in [3.05, 3.63) is 53.7 Å². The van der Waals surface area contributed by atoms with Crippen LogP contribution >= 0.6 is 0 Å². The smallest absolute Gasteiger partial charge is 0.407 e. The second kappa shape index (κ2) is 9.95. The van der Waals surface area contributed by atoms with Gasteiger partial charge in [0.15, 0.2) is 17.3 Å². The zero-order valence-corrected chi connectivity index (χ0v) is 18.8. The van der Waals surface area contributed by atoms with Gasteiger partial charge < -0.3 is 19.5 Å². The van der Waals surface area contributed by atoms with Crippen molar-refractivity contribution in [2.45, 2.75) is 32.9 Å². The Balaban J connectivity index is 1.58. The minimum Gasteiger partial charge on any atom is -0.493 e. The molecule has 1 heterocycles. The van der Waals surface area contributed by atoms with Crippen LogP contribution in [0.2, 0.25) is 0 Å². The van der Waals surface area contributed by atoms with Gasteiger partial charge in [0.2, 0.25) is 0 Å². The molecular weight excluding hydrogens is 410 g/mol. The van der Waals surface area contributed by atoms with Gasteiger partial charge in [0.05, 0.1) is 37.7 Å². The van der Waals surface area contributed by atoms with Crippen LogP contribution in [0.15, 0.2) is 47.7 Å². The third-order valence-corrected chi connectivity index (χ3v) is 4.26. The van der Waals surface area contributed by atoms with Crippen molar-refractivity contribution in [3.63, 3.8) is 0 Å². The first-order valence-corrected chi connectivity index (χ1v) is 10.0. The molecule has 0 aliphatic heterocycles. The first-order chi connectivity index (χ1) is 15.3. The summed E-state index contributed by atoms with van der Waals surface area (Å²) in [5, 5.41) is 6.95. The molecule has 0 saturated carbocycles. The predicted molar refractivity (Wildman–Crippen MR) is 123 cm³/mol. The Labute approximate surface area is 186 Å². The molecule has 0 unspecified atom stereocenters. The number of hydrogen-bond acceptors (Lipinski definition) is 8. The van der Waals surface area contributed by atoms with Gasteiger partial charge >= 0.3 is 6.09 Å². The molecule has 0 saturated heterocycles. The van der Waals surface area contributed by atoms with Crippen LogP contribution in [0.4, 0.5) is 10.6 Å². The highest BCUT2D eigenvalue weighted by Crippen LogP contribution is 2.30. The normalized spacial score (nSPS) is 11.4. The number of fused-ring (bicyclic) bond motifs is 1. The highest BCUT2D eigenvalue weighted by molar-refractivity contribution is 5.81. The molecule has 168 valence electrons. The second-order valence-electron chi connectivity index (χ2n) is 7.92. The zero-order chi connectivity index (χ0) is 23.1. The van der Waals surface area contributed by atoms with E-state index < -0.39 is 11.7 Å². The third kappa shape index (κ3) is 6.31. The fourth-order valence-corrected chi connectivity index (χ4v) is 2.78. The summed E-state index contributed by atoms with van der Waals surface area (Å²) in [6, 6.07) is 11.2. The molecule has 0 aliphatic rings. The first kappa shape index (κ1) is 22.8. The van der Waals surface area contributed by atoms with E-state index in [1.165, 1.54) is 0 Å². The summed E-state index contributed by atoms with van der Waals surface area (Å²) < 4.78 is 15.8. The van der Waals surface area contributed by atoms with Gasteiger partial charge in [-0.3, -0.25) is 10.4 Å². The molecule has 0 spiro atoms. The zero-order valence-electron chi connectivity index (χ0n) is 18.8. The monoisotopic (exact) mass is 437 g/mol. The van der Waals surface area contributed by atoms with E-state index in [2.05, 4.69) is 25.8 Å². The fourth-order valence-electron chi connectivity index (χ4n) is 2.78. The lowest BCUT2D eigenvalue weighted by molar-refractivity contribution is 0.0523. The summed E-state index contributed by atoms with van der Waals surface area (Å²) in [6.45, 7) is 5.86. The molecule has 32 heavy (non-hydrogen) atoms. The lowest BCUT2D eigenvalue weighted by Crippen LogP contribution is -2.32. The topological polar surface area (TPSA) is 107 Å². The summed E-state index contributed by atoms with van der Waals surface area (Å²) in [5.74, 6) is 1.67. The van der Waals surface area contributed by atoms with Crippen LogP contribution in [0.5, 0.6) is 11.5 Å². The van der Waals surface area contributed by atoms with E-state index in [9.17, 15) is 4.79 Å². The van der Waals surface area contributed by atoms with Crippen molar-refractivity contribution in [1.82, 2.24) is 15.3 Å². The molecule has 0 fully saturated rings. The summed E-state index contributed by atoms with van der Waals surface area (Å²) in [6.07, 6.45) is 2.82. The molecule has 2 N–H and O–H groups in total. The molecule has 0 radical (unpaired) electrons. The number of hydrazone groups is 1. The number of carbonyl (C=O) groups excluding carboxylic acids is 1. The van der Waals surface area contributed by atoms with Crippen LogP contribution in [0, 0.1) is 0 Å². The minimum atomic E-state index is -0.522. The Morgan fingerprint density at radius 1 is 1.06 bits per heavy atom. The van der Waals surface area contributed by atoms with E-state index >= 15 is 0 Å². The van der Waals surface area contributed by atoms with Crippen molar-refractivity contribution >= 4 is 29.2 Å². The maximum absolute atomic E-state index is 11.7. The van der Waals surface area contributed by atoms with Gasteiger partial charge in [-0.15, -0.1) is 0 Å². The molecule has 3 rings (SSSR count). The van der Waals surface area contributed by atoms with Gasteiger partial charge in [0, 0.05) is 18.7 Å². The van der Waals surface area contributed by atoms with Crippen molar-refractivity contribution in [2.24, 2.45) is 5.10 Å². The van der Waals surface area contributed by atoms with Gasteiger partial charge in [-0.25, -0.2) is 9.78 Å². The van der Waals surface area contributed by atoms with E-state index in [0.29, 0.717) is 34.9 Å². The lowest BCUT2D eigenvalue weighted by atomic mass is 10.1. The summed E-state index contributed by atoms with van der Waals surface area (Å²) >= 11 is 0. The number of hydrogen-bond donors (Lipinski definition) is 2. The van der Waals surface area contributed by atoms with Crippen LogP contribution in [-0.2, 0) is 11.3 Å². The second-order valence-corrected chi connectivity index (χ2v) is 7.92. The number of alkyl carbamates (subject to hydrolysis) is 1. The average Bonchev–Trinajstić information content (AvgIpc) is 2.76. The van der Waals surface area contributed by atoms with E-state index in [-0.39, 0.29) is 0 Å². The number of methoxy groups -OCH3 is 2. The standard InChI is InChI=1S/C23H27N5O4/c1-23(2,3)32-22(29)25-12-15-6-8-16(9-7-15)13-26-28-21-14-24-17-10-19(30-4)20(31-5)11-18(17)27-21/h6-11,13-14H,12H2,1-5H3,(H,25,29)(H,27,28)/b26-13+. The maximum atomic E-state index is 11.7. The highest BCUT2D eigenvalue weighted by atomic mass is 16.6. The molecule has 9 nitrogen and oxygen atoms in total. The first-order valence-electron chi connectivity index (χ1n) is 10.0. The Bertz CT molecular complexity index is 1110. The molecule has 0 atom stereocenters. The van der Waals surface area contributed by atoms with E-state index in [0.717, 1.165) is 11.1 Å². The predicted octanol–water partition coefficient (Wildman–Crippen LogP) is 4.12. The minimum absolute atomic E-state index is 0.380. The highest BCUT2D eigenvalue weighted by Gasteiger charge is 2.15. The number of amides is 1. The fraction of sp³-hybridized carbons (Fsp3) is 0.304. The maximum Gasteiger partial charge on any atom is 0.407 e. The van der Waals surface area contributed by atoms with Crippen molar-refractivity contribution < 1.29 is 19.0 Å². The molecule has 0 bridgehead atoms. The van der Waals surface area contributed by atoms with Crippen molar-refractivity contribution in [2.75, 3.05) is 19.6 Å². The molecule has 0 aliphatic carbocycles. The van der Waals surface area contributed by atoms with E-state index in [1.807, 2.05) is 45.0 Å². The third-order valence-electron chi connectivity index (χ3n) is 4.26.